The lowest BCUT2D eigenvalue weighted by Gasteiger charge is -2.31. The normalized spacial score (nSPS) is 17.5. The molecule has 4 fully saturated rings. The molecule has 0 saturated heterocycles. The third-order valence-electron chi connectivity index (χ3n) is 19.1. The predicted molar refractivity (Wildman–Crippen MR) is 327 cm³/mol. The van der Waals surface area contributed by atoms with Crippen molar-refractivity contribution in [1.82, 2.24) is 0 Å². The molecule has 76 heavy (non-hydrogen) atoms. The molecule has 0 unspecified atom stereocenters. The number of nitrogens with zero attached hydrogens (tertiary/aromatic N) is 2. The molecule has 2 nitrogen and oxygen atoms in total. The first-order chi connectivity index (χ1) is 37.7. The van der Waals surface area contributed by atoms with Crippen molar-refractivity contribution in [3.05, 3.63) is 204 Å². The van der Waals surface area contributed by atoms with E-state index in [-0.39, 0.29) is 0 Å². The van der Waals surface area contributed by atoms with E-state index >= 15 is 0 Å². The van der Waals surface area contributed by atoms with Crippen LogP contribution in [0, 0.1) is 0 Å². The second-order valence-corrected chi connectivity index (χ2v) is 23.7. The van der Waals surface area contributed by atoms with Crippen molar-refractivity contribution in [2.45, 2.75) is 152 Å². The highest BCUT2D eigenvalue weighted by Gasteiger charge is 2.27. The summed E-state index contributed by atoms with van der Waals surface area (Å²) in [7, 11) is 0. The third-order valence-corrected chi connectivity index (χ3v) is 19.1. The fraction of sp³-hybridized carbons (Fsp3) is 0.324. The highest BCUT2D eigenvalue weighted by atomic mass is 15.1. The molecule has 10 aromatic rings. The van der Waals surface area contributed by atoms with Crippen LogP contribution in [0.5, 0.6) is 0 Å². The van der Waals surface area contributed by atoms with Gasteiger partial charge in [0.1, 0.15) is 0 Å². The van der Waals surface area contributed by atoms with Crippen molar-refractivity contribution in [2.24, 2.45) is 0 Å². The van der Waals surface area contributed by atoms with Crippen LogP contribution < -0.4 is 9.80 Å². The van der Waals surface area contributed by atoms with Gasteiger partial charge in [0.2, 0.25) is 0 Å². The summed E-state index contributed by atoms with van der Waals surface area (Å²) in [6.45, 7) is 0. The van der Waals surface area contributed by atoms with E-state index < -0.39 is 0 Å². The van der Waals surface area contributed by atoms with Gasteiger partial charge in [-0.25, -0.2) is 0 Å². The first-order valence-corrected chi connectivity index (χ1v) is 29.9. The topological polar surface area (TPSA) is 6.48 Å². The van der Waals surface area contributed by atoms with Crippen LogP contribution in [0.2, 0.25) is 0 Å². The summed E-state index contributed by atoms with van der Waals surface area (Å²) in [6.07, 6.45) is 26.7. The Kier molecular flexibility index (Phi) is 13.1. The highest BCUT2D eigenvalue weighted by molar-refractivity contribution is 6.39. The SMILES string of the molecule is c1ccc(N(c2cc(C3CCCCC3)cc(C3CCCCC3)c2)c2ccc3c(c2)c2ccccc2c2c4ccc(N(c5ccccc5)c5cc(C6CCCCC6)cc(C6CCCCC6)c5)cc4c4ccccc4c32)cc1. The maximum atomic E-state index is 2.64. The van der Waals surface area contributed by atoms with Gasteiger partial charge in [-0.15, -0.1) is 0 Å². The smallest absolute Gasteiger partial charge is 0.0468 e. The number of rotatable bonds is 10. The van der Waals surface area contributed by atoms with Gasteiger partial charge in [-0.2, -0.15) is 0 Å². The fourth-order valence-corrected chi connectivity index (χ4v) is 15.2. The molecule has 10 aromatic carbocycles. The molecule has 0 heterocycles. The first-order valence-electron chi connectivity index (χ1n) is 29.9. The van der Waals surface area contributed by atoms with Gasteiger partial charge in [0, 0.05) is 34.1 Å². The quantitative estimate of drug-likeness (QED) is 0.126. The van der Waals surface area contributed by atoms with Crippen LogP contribution in [-0.4, -0.2) is 0 Å². The Hall–Kier alpha value is -6.90. The second-order valence-electron chi connectivity index (χ2n) is 23.7. The molecular formula is C74H74N2. The van der Waals surface area contributed by atoms with Crippen molar-refractivity contribution in [3.8, 4) is 0 Å². The molecule has 14 rings (SSSR count). The third kappa shape index (κ3) is 8.94. The van der Waals surface area contributed by atoms with E-state index in [1.165, 1.54) is 216 Å². The van der Waals surface area contributed by atoms with E-state index in [4.69, 9.17) is 0 Å². The minimum Gasteiger partial charge on any atom is -0.310 e. The highest BCUT2D eigenvalue weighted by Crippen LogP contribution is 2.50. The molecule has 0 amide bonds. The van der Waals surface area contributed by atoms with Crippen LogP contribution in [-0.2, 0) is 0 Å². The molecule has 380 valence electrons. The van der Waals surface area contributed by atoms with Crippen LogP contribution in [0.25, 0.3) is 53.9 Å². The molecule has 0 spiro atoms. The molecule has 0 bridgehead atoms. The number of fused-ring (bicyclic) bond motifs is 11. The van der Waals surface area contributed by atoms with Gasteiger partial charge in [0.05, 0.1) is 0 Å². The fourth-order valence-electron chi connectivity index (χ4n) is 15.2. The number of hydrogen-bond donors (Lipinski definition) is 0. The lowest BCUT2D eigenvalue weighted by atomic mass is 9.79. The van der Waals surface area contributed by atoms with E-state index in [1.54, 1.807) is 22.3 Å². The van der Waals surface area contributed by atoms with Crippen molar-refractivity contribution in [1.29, 1.82) is 0 Å². The van der Waals surface area contributed by atoms with Crippen LogP contribution >= 0.6 is 0 Å². The summed E-state index contributed by atoms with van der Waals surface area (Å²) in [5.41, 5.74) is 13.7. The van der Waals surface area contributed by atoms with Crippen LogP contribution in [0.4, 0.5) is 34.1 Å². The summed E-state index contributed by atoms with van der Waals surface area (Å²) < 4.78 is 0. The monoisotopic (exact) mass is 991 g/mol. The van der Waals surface area contributed by atoms with Gasteiger partial charge in [0.15, 0.2) is 0 Å². The van der Waals surface area contributed by atoms with Crippen molar-refractivity contribution in [3.63, 3.8) is 0 Å². The average Bonchev–Trinajstić information content (AvgIpc) is 3.51. The Morgan fingerprint density at radius 1 is 0.211 bits per heavy atom. The Morgan fingerprint density at radius 2 is 0.500 bits per heavy atom. The molecule has 0 aliphatic heterocycles. The molecule has 2 heteroatoms. The summed E-state index contributed by atoms with van der Waals surface area (Å²) in [6, 6.07) is 71.4. The molecule has 0 N–H and O–H groups in total. The van der Waals surface area contributed by atoms with Crippen LogP contribution in [0.3, 0.4) is 0 Å². The van der Waals surface area contributed by atoms with E-state index in [1.807, 2.05) is 0 Å². The van der Waals surface area contributed by atoms with E-state index in [2.05, 4.69) is 192 Å². The Morgan fingerprint density at radius 3 is 0.829 bits per heavy atom. The zero-order valence-corrected chi connectivity index (χ0v) is 44.7. The summed E-state index contributed by atoms with van der Waals surface area (Å²) in [5, 5.41) is 13.2. The summed E-state index contributed by atoms with van der Waals surface area (Å²) in [5.74, 6) is 2.55. The lowest BCUT2D eigenvalue weighted by molar-refractivity contribution is 0.435. The molecule has 4 saturated carbocycles. The number of hydrogen-bond acceptors (Lipinski definition) is 2. The molecule has 0 aromatic heterocycles. The van der Waals surface area contributed by atoms with Gasteiger partial charge in [-0.1, -0.05) is 186 Å². The molecule has 0 atom stereocenters. The van der Waals surface area contributed by atoms with Gasteiger partial charge in [-0.05, 0) is 224 Å². The average molecular weight is 991 g/mol. The Bertz CT molecular complexity index is 3380. The number of anilines is 6. The van der Waals surface area contributed by atoms with Gasteiger partial charge in [0.25, 0.3) is 0 Å². The first kappa shape index (κ1) is 47.5. The lowest BCUT2D eigenvalue weighted by Crippen LogP contribution is -2.14. The number of benzene rings is 10. The van der Waals surface area contributed by atoms with Crippen LogP contribution in [0.15, 0.2) is 182 Å². The van der Waals surface area contributed by atoms with Crippen molar-refractivity contribution in [2.75, 3.05) is 9.80 Å². The predicted octanol–water partition coefficient (Wildman–Crippen LogP) is 22.6. The summed E-state index contributed by atoms with van der Waals surface area (Å²) in [4.78, 5) is 5.16. The minimum atomic E-state index is 0.637. The minimum absolute atomic E-state index is 0.637. The largest absolute Gasteiger partial charge is 0.310 e. The Labute approximate surface area is 451 Å². The molecule has 4 aliphatic carbocycles. The van der Waals surface area contributed by atoms with E-state index in [9.17, 15) is 0 Å². The maximum Gasteiger partial charge on any atom is 0.0468 e. The van der Waals surface area contributed by atoms with Crippen molar-refractivity contribution < 1.29 is 0 Å². The molecule has 0 radical (unpaired) electrons. The Balaban J connectivity index is 0.961. The second kappa shape index (κ2) is 20.9. The molecule has 4 aliphatic rings. The van der Waals surface area contributed by atoms with Gasteiger partial charge in [-0.3, -0.25) is 0 Å². The number of para-hydroxylation sites is 2. The zero-order chi connectivity index (χ0) is 50.4. The zero-order valence-electron chi connectivity index (χ0n) is 44.7. The maximum absolute atomic E-state index is 2.64. The van der Waals surface area contributed by atoms with E-state index in [0.717, 1.165) is 0 Å². The summed E-state index contributed by atoms with van der Waals surface area (Å²) >= 11 is 0. The van der Waals surface area contributed by atoms with E-state index in [0.29, 0.717) is 23.7 Å². The van der Waals surface area contributed by atoms with Crippen molar-refractivity contribution >= 4 is 88.0 Å². The molecular weight excluding hydrogens is 917 g/mol. The van der Waals surface area contributed by atoms with Gasteiger partial charge >= 0.3 is 0 Å². The van der Waals surface area contributed by atoms with Crippen LogP contribution in [0.1, 0.15) is 174 Å². The standard InChI is InChI=1S/C74H74N2/c1-7-23-51(24-8-1)55-43-56(52-25-9-2-10-26-52)46-63(45-55)75(59-31-15-5-16-32-59)61-39-41-69-71(49-61)65-35-19-21-37-67(65)74-70-42-40-62(50-72(70)66-36-20-22-38-68(66)73(69)74)76(60-33-17-6-18-34-60)64-47-57(53-27-11-3-12-28-53)44-58(48-64)54-29-13-4-14-30-54/h5-6,15-22,31-54H,1-4,7-14,23-30H2. The van der Waals surface area contributed by atoms with Gasteiger partial charge < -0.3 is 9.80 Å².